The minimum atomic E-state index is -0.947. The van der Waals surface area contributed by atoms with Gasteiger partial charge in [0.1, 0.15) is 5.78 Å². The van der Waals surface area contributed by atoms with Gasteiger partial charge in [-0.3, -0.25) is 4.79 Å². The van der Waals surface area contributed by atoms with E-state index in [0.29, 0.717) is 41.8 Å². The van der Waals surface area contributed by atoms with E-state index < -0.39 is 5.97 Å². The molecule has 0 aromatic heterocycles. The molecule has 0 unspecified atom stereocenters. The molecule has 4 aliphatic rings. The second-order valence-electron chi connectivity index (χ2n) is 11.8. The van der Waals surface area contributed by atoms with Gasteiger partial charge in [-0.05, 0) is 105 Å². The quantitative estimate of drug-likeness (QED) is 0.647. The fourth-order valence-electron chi connectivity index (χ4n) is 9.16. The van der Waals surface area contributed by atoms with Crippen molar-refractivity contribution < 1.29 is 49.4 Å². The van der Waals surface area contributed by atoms with Crippen LogP contribution >= 0.6 is 0 Å². The van der Waals surface area contributed by atoms with Crippen LogP contribution in [0.5, 0.6) is 0 Å². The van der Waals surface area contributed by atoms with Gasteiger partial charge in [-0.1, -0.05) is 27.7 Å². The van der Waals surface area contributed by atoms with Gasteiger partial charge in [0.2, 0.25) is 0 Å². The van der Waals surface area contributed by atoms with Crippen molar-refractivity contribution in [3.63, 3.8) is 0 Å². The smallest absolute Gasteiger partial charge is 0.550 e. The molecule has 4 nitrogen and oxygen atoms in total. The molecule has 0 spiro atoms. The van der Waals surface area contributed by atoms with Gasteiger partial charge in [0.05, 0.1) is 6.10 Å². The molecule has 0 aliphatic heterocycles. The van der Waals surface area contributed by atoms with Crippen LogP contribution < -0.4 is 34.7 Å². The number of hydrogen-bond donors (Lipinski definition) is 1. The molecule has 0 saturated heterocycles. The molecule has 0 heterocycles. The van der Waals surface area contributed by atoms with Gasteiger partial charge in [-0.25, -0.2) is 0 Å². The van der Waals surface area contributed by atoms with Crippen LogP contribution in [0.2, 0.25) is 0 Å². The molecule has 4 saturated carbocycles. The number of aliphatic hydroxyl groups excluding tert-OH is 1. The van der Waals surface area contributed by atoms with E-state index in [1.54, 1.807) is 0 Å². The third-order valence-corrected chi connectivity index (χ3v) is 10.7. The third kappa shape index (κ3) is 4.10. The fourth-order valence-corrected chi connectivity index (χ4v) is 9.16. The molecular formula is C26H41NaO4. The number of ketones is 1. The Morgan fingerprint density at radius 2 is 1.74 bits per heavy atom. The maximum Gasteiger partial charge on any atom is 1.00 e. The van der Waals surface area contributed by atoms with Crippen LogP contribution in [0.1, 0.15) is 91.9 Å². The molecule has 1 N–H and O–H groups in total. The summed E-state index contributed by atoms with van der Waals surface area (Å²) >= 11 is 0. The van der Waals surface area contributed by atoms with Gasteiger partial charge in [0, 0.05) is 17.8 Å². The van der Waals surface area contributed by atoms with Crippen LogP contribution in [0, 0.1) is 52.3 Å². The summed E-state index contributed by atoms with van der Waals surface area (Å²) in [7, 11) is 0. The number of aliphatic carboxylic acids is 1. The average Bonchev–Trinajstić information content (AvgIpc) is 3.05. The number of carbonyl (C=O) groups is 2. The van der Waals surface area contributed by atoms with E-state index in [0.717, 1.165) is 51.4 Å². The maximum absolute atomic E-state index is 13.9. The summed E-state index contributed by atoms with van der Waals surface area (Å²) in [5.74, 6) is 1.93. The molecule has 0 amide bonds. The van der Waals surface area contributed by atoms with Crippen LogP contribution in [-0.2, 0) is 9.59 Å². The van der Waals surface area contributed by atoms with Gasteiger partial charge < -0.3 is 15.0 Å². The molecule has 0 aromatic carbocycles. The molecule has 4 rings (SSSR count). The number of fused-ring (bicyclic) bond motifs is 5. The Kier molecular flexibility index (Phi) is 7.79. The summed E-state index contributed by atoms with van der Waals surface area (Å²) in [5.41, 5.74) is 0.330. The monoisotopic (exact) mass is 440 g/mol. The van der Waals surface area contributed by atoms with Gasteiger partial charge in [0.15, 0.2) is 0 Å². The Labute approximate surface area is 210 Å². The van der Waals surface area contributed by atoms with E-state index >= 15 is 0 Å². The zero-order valence-corrected chi connectivity index (χ0v) is 22.4. The van der Waals surface area contributed by atoms with Gasteiger partial charge in [0.25, 0.3) is 0 Å². The average molecular weight is 441 g/mol. The van der Waals surface area contributed by atoms with Crippen molar-refractivity contribution in [2.45, 2.75) is 98.0 Å². The van der Waals surface area contributed by atoms with Crippen molar-refractivity contribution in [1.29, 1.82) is 0 Å². The maximum atomic E-state index is 13.9. The Hall–Kier alpha value is 0.1000. The Morgan fingerprint density at radius 1 is 1.10 bits per heavy atom. The van der Waals surface area contributed by atoms with E-state index in [1.807, 2.05) is 0 Å². The molecule has 5 heteroatoms. The second-order valence-corrected chi connectivity index (χ2v) is 11.8. The molecule has 0 aromatic rings. The van der Waals surface area contributed by atoms with E-state index in [1.165, 1.54) is 0 Å². The van der Waals surface area contributed by atoms with E-state index in [9.17, 15) is 19.8 Å². The number of hydrogen-bond acceptors (Lipinski definition) is 4. The zero-order valence-electron chi connectivity index (χ0n) is 20.4. The van der Waals surface area contributed by atoms with Crippen molar-refractivity contribution in [1.82, 2.24) is 0 Å². The number of aliphatic hydroxyl groups is 1. The largest absolute Gasteiger partial charge is 1.00 e. The third-order valence-electron chi connectivity index (χ3n) is 10.7. The number of carboxylic acids is 1. The number of Topliss-reactive ketones (excluding diaryl/α,β-unsaturated/α-hetero) is 1. The first-order valence-electron chi connectivity index (χ1n) is 12.5. The van der Waals surface area contributed by atoms with Gasteiger partial charge in [-0.15, -0.1) is 0 Å². The summed E-state index contributed by atoms with van der Waals surface area (Å²) in [6.07, 6.45) is 8.74. The molecule has 4 aliphatic carbocycles. The molecule has 0 radical (unpaired) electrons. The van der Waals surface area contributed by atoms with Crippen molar-refractivity contribution in [3.05, 3.63) is 0 Å². The SMILES string of the molecule is CC[C@H]1C(=O)[C@@H]2[C@H](CC[C@]3(C)[C@@H]([C@H](C)CCC(=O)[O-])CC[C@@H]23)[C@@]2(C)CC[C@@H](O)C[C@@H]12.[Na+]. The van der Waals surface area contributed by atoms with E-state index in [-0.39, 0.29) is 64.7 Å². The minimum absolute atomic E-state index is 0. The summed E-state index contributed by atoms with van der Waals surface area (Å²) in [6.45, 7) is 9.22. The first-order valence-corrected chi connectivity index (χ1v) is 12.5. The van der Waals surface area contributed by atoms with Crippen LogP contribution in [0.3, 0.4) is 0 Å². The first-order chi connectivity index (χ1) is 14.1. The topological polar surface area (TPSA) is 77.4 Å². The first kappa shape index (κ1) is 25.7. The summed E-state index contributed by atoms with van der Waals surface area (Å²) < 4.78 is 0. The molecule has 31 heavy (non-hydrogen) atoms. The number of rotatable bonds is 5. The molecule has 170 valence electrons. The Bertz CT molecular complexity index is 695. The molecular weight excluding hydrogens is 399 g/mol. The zero-order chi connectivity index (χ0) is 21.8. The van der Waals surface area contributed by atoms with Crippen LogP contribution in [-0.4, -0.2) is 23.0 Å². The number of carbonyl (C=O) groups excluding carboxylic acids is 2. The van der Waals surface area contributed by atoms with Crippen LogP contribution in [0.15, 0.2) is 0 Å². The van der Waals surface area contributed by atoms with Gasteiger partial charge >= 0.3 is 29.6 Å². The predicted octanol–water partition coefficient (Wildman–Crippen LogP) is 0.992. The van der Waals surface area contributed by atoms with Crippen molar-refractivity contribution in [2.75, 3.05) is 0 Å². The summed E-state index contributed by atoms with van der Waals surface area (Å²) in [4.78, 5) is 24.9. The Balaban J connectivity index is 0.00000272. The predicted molar refractivity (Wildman–Crippen MR) is 114 cm³/mol. The summed E-state index contributed by atoms with van der Waals surface area (Å²) in [5, 5.41) is 21.4. The van der Waals surface area contributed by atoms with E-state index in [4.69, 9.17) is 0 Å². The van der Waals surface area contributed by atoms with Crippen LogP contribution in [0.4, 0.5) is 0 Å². The second kappa shape index (κ2) is 9.39. The normalized spacial score (nSPS) is 47.5. The van der Waals surface area contributed by atoms with Crippen molar-refractivity contribution >= 4 is 11.8 Å². The van der Waals surface area contributed by atoms with Crippen molar-refractivity contribution in [3.8, 4) is 0 Å². The summed E-state index contributed by atoms with van der Waals surface area (Å²) in [6, 6.07) is 0. The van der Waals surface area contributed by atoms with Crippen LogP contribution in [0.25, 0.3) is 0 Å². The standard InChI is InChI=1S/C26H42O4.Na/c1-5-17-21-14-16(27)10-12-26(21,4)20-11-13-25(3)18(15(2)6-9-22(28)29)7-8-19(25)23(20)24(17)30;/h15-21,23,27H,5-14H2,1-4H3,(H,28,29);/q;+1/p-1/t15-,16-,17-,18-,19+,20+,21+,23+,25-,26-;/m1./s1. The van der Waals surface area contributed by atoms with Gasteiger partial charge in [-0.2, -0.15) is 0 Å². The van der Waals surface area contributed by atoms with E-state index in [2.05, 4.69) is 27.7 Å². The molecule has 10 atom stereocenters. The fraction of sp³-hybridized carbons (Fsp3) is 0.923. The number of carboxylic acid groups (broad SMARTS) is 1. The molecule has 4 fully saturated rings. The molecule has 0 bridgehead atoms. The Morgan fingerprint density at radius 3 is 2.39 bits per heavy atom. The van der Waals surface area contributed by atoms with Crippen molar-refractivity contribution in [2.24, 2.45) is 52.3 Å². The minimum Gasteiger partial charge on any atom is -0.550 e.